The van der Waals surface area contributed by atoms with Crippen LogP contribution in [0.1, 0.15) is 51.7 Å². The summed E-state index contributed by atoms with van der Waals surface area (Å²) >= 11 is 0. The Morgan fingerprint density at radius 3 is 2.69 bits per heavy atom. The number of hydrogen-bond acceptors (Lipinski definition) is 9. The number of ether oxygens (including phenoxy) is 1. The monoisotopic (exact) mass is 406 g/mol. The first kappa shape index (κ1) is 20.3. The number of nitrogens with zero attached hydrogens (tertiary/aromatic N) is 4. The summed E-state index contributed by atoms with van der Waals surface area (Å²) in [5, 5.41) is 37.0. The molecule has 0 aromatic carbocycles. The average Bonchev–Trinajstić information content (AvgIpc) is 3.42. The summed E-state index contributed by atoms with van der Waals surface area (Å²) in [4.78, 5) is 13.5. The minimum absolute atomic E-state index is 0.365. The van der Waals surface area contributed by atoms with Crippen molar-refractivity contribution in [2.45, 2.75) is 76.0 Å². The van der Waals surface area contributed by atoms with E-state index in [1.54, 1.807) is 4.57 Å². The van der Waals surface area contributed by atoms with Gasteiger partial charge in [0.15, 0.2) is 23.2 Å². The van der Waals surface area contributed by atoms with E-state index in [9.17, 15) is 15.3 Å². The molecule has 29 heavy (non-hydrogen) atoms. The lowest BCUT2D eigenvalue weighted by atomic mass is 10.1. The summed E-state index contributed by atoms with van der Waals surface area (Å²) in [5.74, 6) is 1.16. The fraction of sp³-hybridized carbons (Fsp3) is 0.737. The first-order chi connectivity index (χ1) is 14.1. The zero-order chi connectivity index (χ0) is 20.4. The average molecular weight is 406 g/mol. The predicted molar refractivity (Wildman–Crippen MR) is 108 cm³/mol. The van der Waals surface area contributed by atoms with E-state index < -0.39 is 24.5 Å². The predicted octanol–water partition coefficient (Wildman–Crippen LogP) is 1.00. The molecule has 1 saturated carbocycles. The van der Waals surface area contributed by atoms with Crippen LogP contribution in [0.2, 0.25) is 0 Å². The lowest BCUT2D eigenvalue weighted by molar-refractivity contribution is -0.0501. The molecule has 2 aliphatic rings. The summed E-state index contributed by atoms with van der Waals surface area (Å²) in [6.45, 7) is 2.42. The van der Waals surface area contributed by atoms with Crippen LogP contribution in [0.15, 0.2) is 6.33 Å². The van der Waals surface area contributed by atoms with Crippen LogP contribution in [0.4, 0.5) is 11.8 Å². The Bertz CT molecular complexity index is 824. The van der Waals surface area contributed by atoms with Gasteiger partial charge in [-0.25, -0.2) is 15.0 Å². The van der Waals surface area contributed by atoms with Gasteiger partial charge in [0.2, 0.25) is 5.95 Å². The zero-order valence-corrected chi connectivity index (χ0v) is 16.7. The van der Waals surface area contributed by atoms with E-state index in [1.807, 2.05) is 0 Å². The molecule has 0 spiro atoms. The molecule has 160 valence electrons. The molecule has 1 unspecified atom stereocenters. The van der Waals surface area contributed by atoms with Crippen molar-refractivity contribution < 1.29 is 20.1 Å². The molecule has 10 nitrogen and oxygen atoms in total. The number of unbranched alkanes of at least 4 members (excludes halogenated alkanes) is 1. The fourth-order valence-electron chi connectivity index (χ4n) is 4.11. The van der Waals surface area contributed by atoms with Crippen LogP contribution >= 0.6 is 0 Å². The van der Waals surface area contributed by atoms with Crippen molar-refractivity contribution in [2.24, 2.45) is 0 Å². The number of anilines is 2. The Morgan fingerprint density at radius 1 is 1.21 bits per heavy atom. The molecule has 1 saturated heterocycles. The minimum atomic E-state index is -1.21. The molecule has 5 N–H and O–H groups in total. The molecule has 2 aromatic heterocycles. The summed E-state index contributed by atoms with van der Waals surface area (Å²) in [6, 6.07) is 0.365. The third kappa shape index (κ3) is 3.89. The van der Waals surface area contributed by atoms with Crippen LogP contribution in [0.25, 0.3) is 11.2 Å². The van der Waals surface area contributed by atoms with E-state index in [1.165, 1.54) is 19.2 Å². The van der Waals surface area contributed by atoms with Crippen molar-refractivity contribution in [3.8, 4) is 0 Å². The van der Waals surface area contributed by atoms with Gasteiger partial charge >= 0.3 is 0 Å². The topological polar surface area (TPSA) is 138 Å². The second-order valence-corrected chi connectivity index (χ2v) is 7.83. The number of hydrogen-bond donors (Lipinski definition) is 5. The minimum Gasteiger partial charge on any atom is -0.394 e. The number of nitrogens with one attached hydrogen (secondary N) is 2. The van der Waals surface area contributed by atoms with E-state index in [0.29, 0.717) is 35.5 Å². The van der Waals surface area contributed by atoms with Crippen molar-refractivity contribution in [3.05, 3.63) is 6.33 Å². The van der Waals surface area contributed by atoms with E-state index in [4.69, 9.17) is 9.72 Å². The first-order valence-corrected chi connectivity index (χ1v) is 10.5. The molecule has 4 atom stereocenters. The molecule has 0 radical (unpaired) electrons. The number of fused-ring (bicyclic) bond motifs is 1. The van der Waals surface area contributed by atoms with Gasteiger partial charge in [-0.2, -0.15) is 0 Å². The normalized spacial score (nSPS) is 27.7. The lowest BCUT2D eigenvalue weighted by Crippen LogP contribution is -2.33. The van der Waals surface area contributed by atoms with Crippen molar-refractivity contribution in [3.63, 3.8) is 0 Å². The lowest BCUT2D eigenvalue weighted by Gasteiger charge is -2.19. The van der Waals surface area contributed by atoms with Crippen molar-refractivity contribution in [2.75, 3.05) is 23.8 Å². The maximum Gasteiger partial charge on any atom is 0.207 e. The first-order valence-electron chi connectivity index (χ1n) is 10.5. The van der Waals surface area contributed by atoms with E-state index in [-0.39, 0.29) is 6.61 Å². The molecule has 2 fully saturated rings. The van der Waals surface area contributed by atoms with Gasteiger partial charge in [-0.15, -0.1) is 0 Å². The van der Waals surface area contributed by atoms with Gasteiger partial charge in [0.1, 0.15) is 24.6 Å². The Hall–Kier alpha value is -2.01. The quantitative estimate of drug-likeness (QED) is 0.407. The second-order valence-electron chi connectivity index (χ2n) is 7.83. The highest BCUT2D eigenvalue weighted by atomic mass is 16.6. The third-order valence-electron chi connectivity index (χ3n) is 5.76. The largest absolute Gasteiger partial charge is 0.394 e. The number of aliphatic hydroxyl groups excluding tert-OH is 3. The van der Waals surface area contributed by atoms with Crippen molar-refractivity contribution >= 4 is 22.9 Å². The van der Waals surface area contributed by atoms with Gasteiger partial charge < -0.3 is 30.7 Å². The molecule has 0 bridgehead atoms. The molecule has 3 heterocycles. The van der Waals surface area contributed by atoms with Gasteiger partial charge in [-0.3, -0.25) is 4.57 Å². The molecular formula is C19H30N6O4. The van der Waals surface area contributed by atoms with Gasteiger partial charge in [-0.1, -0.05) is 26.2 Å². The maximum absolute atomic E-state index is 10.6. The van der Waals surface area contributed by atoms with Crippen molar-refractivity contribution in [1.82, 2.24) is 19.5 Å². The Morgan fingerprint density at radius 2 is 2.00 bits per heavy atom. The van der Waals surface area contributed by atoms with Crippen LogP contribution < -0.4 is 10.6 Å². The SMILES string of the molecule is CCCCNc1nc2c(NC3CCCC3)ncnc2n1C1O[C@H](CO)[C@@H](O)[C@H]1O. The molecule has 0 amide bonds. The van der Waals surface area contributed by atoms with Gasteiger partial charge in [0, 0.05) is 12.6 Å². The number of rotatable bonds is 8. The van der Waals surface area contributed by atoms with E-state index in [0.717, 1.165) is 25.7 Å². The molecule has 1 aliphatic heterocycles. The molecule has 1 aliphatic carbocycles. The standard InChI is InChI=1S/C19H30N6O4/c1-2-3-8-20-19-24-13-16(23-11-6-4-5-7-11)21-10-22-17(13)25(19)18-15(28)14(27)12(9-26)29-18/h10-12,14-15,18,26-28H,2-9H2,1H3,(H,20,24)(H,21,22,23)/t12-,14-,15-,18?/m1/s1. The molecular weight excluding hydrogens is 376 g/mol. The highest BCUT2D eigenvalue weighted by Gasteiger charge is 2.45. The number of aliphatic hydroxyl groups is 3. The van der Waals surface area contributed by atoms with Gasteiger partial charge in [0.05, 0.1) is 6.61 Å². The number of aromatic nitrogens is 4. The smallest absolute Gasteiger partial charge is 0.207 e. The van der Waals surface area contributed by atoms with E-state index in [2.05, 4.69) is 27.5 Å². The van der Waals surface area contributed by atoms with E-state index >= 15 is 0 Å². The van der Waals surface area contributed by atoms with Crippen LogP contribution in [-0.2, 0) is 4.74 Å². The highest BCUT2D eigenvalue weighted by molar-refractivity contribution is 5.85. The maximum atomic E-state index is 10.6. The Kier molecular flexibility index (Phi) is 6.14. The zero-order valence-electron chi connectivity index (χ0n) is 16.7. The Labute approximate surface area is 169 Å². The fourth-order valence-corrected chi connectivity index (χ4v) is 4.11. The van der Waals surface area contributed by atoms with Crippen LogP contribution in [0.3, 0.4) is 0 Å². The van der Waals surface area contributed by atoms with Crippen LogP contribution in [0, 0.1) is 0 Å². The summed E-state index contributed by atoms with van der Waals surface area (Å²) in [5.41, 5.74) is 1.10. The van der Waals surface area contributed by atoms with Gasteiger partial charge in [0.25, 0.3) is 0 Å². The number of imidazole rings is 1. The summed E-state index contributed by atoms with van der Waals surface area (Å²) < 4.78 is 7.42. The molecule has 4 rings (SSSR count). The van der Waals surface area contributed by atoms with Crippen molar-refractivity contribution in [1.29, 1.82) is 0 Å². The Balaban J connectivity index is 1.73. The highest BCUT2D eigenvalue weighted by Crippen LogP contribution is 2.36. The summed E-state index contributed by atoms with van der Waals surface area (Å²) in [6.07, 6.45) is 3.87. The molecule has 10 heteroatoms. The molecule has 2 aromatic rings. The third-order valence-corrected chi connectivity index (χ3v) is 5.76. The summed E-state index contributed by atoms with van der Waals surface area (Å²) in [7, 11) is 0. The van der Waals surface area contributed by atoms with Gasteiger partial charge in [-0.05, 0) is 19.3 Å². The van der Waals surface area contributed by atoms with Crippen LogP contribution in [-0.4, -0.2) is 72.3 Å². The second kappa shape index (κ2) is 8.78. The van der Waals surface area contributed by atoms with Crippen LogP contribution in [0.5, 0.6) is 0 Å².